The number of hydrogen-bond donors (Lipinski definition) is 3. The lowest BCUT2D eigenvalue weighted by atomic mass is 10.0. The van der Waals surface area contributed by atoms with E-state index in [2.05, 4.69) is 51.6 Å². The number of aromatic nitrogens is 1. The molecule has 1 aliphatic heterocycles. The minimum absolute atomic E-state index is 0.366. The molecule has 4 N–H and O–H groups in total. The summed E-state index contributed by atoms with van der Waals surface area (Å²) < 4.78 is 4.94. The molecule has 1 unspecified atom stereocenters. The van der Waals surface area contributed by atoms with E-state index in [0.717, 1.165) is 37.0 Å². The Hall–Kier alpha value is -2.99. The second-order valence-electron chi connectivity index (χ2n) is 6.57. The molecule has 1 fully saturated rings. The Kier molecular flexibility index (Phi) is 4.50. The number of ether oxygens (including phenoxy) is 1. The van der Waals surface area contributed by atoms with E-state index < -0.39 is 6.09 Å². The first kappa shape index (κ1) is 16.5. The zero-order valence-electron chi connectivity index (χ0n) is 14.4. The van der Waals surface area contributed by atoms with E-state index in [1.165, 1.54) is 11.3 Å². The summed E-state index contributed by atoms with van der Waals surface area (Å²) in [4.78, 5) is 16.4. The number of nitrogens with zero attached hydrogens (tertiary/aromatic N) is 1. The van der Waals surface area contributed by atoms with Gasteiger partial charge < -0.3 is 25.7 Å². The quantitative estimate of drug-likeness (QED) is 0.675. The highest BCUT2D eigenvalue weighted by Crippen LogP contribution is 2.28. The monoisotopic (exact) mass is 350 g/mol. The van der Waals surface area contributed by atoms with Gasteiger partial charge in [-0.2, -0.15) is 0 Å². The molecule has 1 amide bonds. The van der Waals surface area contributed by atoms with Gasteiger partial charge in [-0.15, -0.1) is 0 Å². The molecule has 3 aromatic rings. The van der Waals surface area contributed by atoms with Crippen molar-refractivity contribution in [2.24, 2.45) is 5.73 Å². The van der Waals surface area contributed by atoms with E-state index in [-0.39, 0.29) is 0 Å². The topological polar surface area (TPSA) is 83.4 Å². The third-order valence-corrected chi connectivity index (χ3v) is 4.79. The minimum Gasteiger partial charge on any atom is -0.393 e. The van der Waals surface area contributed by atoms with E-state index in [1.54, 1.807) is 6.07 Å². The fourth-order valence-electron chi connectivity index (χ4n) is 3.60. The molecule has 1 aliphatic rings. The van der Waals surface area contributed by atoms with Gasteiger partial charge in [0.15, 0.2) is 0 Å². The molecule has 2 aromatic carbocycles. The number of H-pyrrole nitrogens is 1. The number of benzene rings is 2. The van der Waals surface area contributed by atoms with Crippen molar-refractivity contribution in [2.45, 2.75) is 12.5 Å². The molecule has 1 atom stereocenters. The normalized spacial score (nSPS) is 17.4. The van der Waals surface area contributed by atoms with Crippen LogP contribution in [0.1, 0.15) is 5.56 Å². The Morgan fingerprint density at radius 2 is 2.04 bits per heavy atom. The summed E-state index contributed by atoms with van der Waals surface area (Å²) in [5.74, 6) is 0.366. The average Bonchev–Trinajstić information content (AvgIpc) is 3.03. The van der Waals surface area contributed by atoms with Gasteiger partial charge >= 0.3 is 6.09 Å². The predicted octanol–water partition coefficient (Wildman–Crippen LogP) is 2.65. The Morgan fingerprint density at radius 3 is 2.85 bits per heavy atom. The number of carbonyl (C=O) groups is 1. The van der Waals surface area contributed by atoms with Gasteiger partial charge in [0.25, 0.3) is 0 Å². The van der Waals surface area contributed by atoms with Crippen LogP contribution in [0.25, 0.3) is 10.9 Å². The number of amides is 1. The summed E-state index contributed by atoms with van der Waals surface area (Å²) in [5, 5.41) is 4.49. The van der Waals surface area contributed by atoms with Crippen molar-refractivity contribution < 1.29 is 9.53 Å². The number of hydrogen-bond acceptors (Lipinski definition) is 4. The lowest BCUT2D eigenvalue weighted by molar-refractivity contribution is 0.209. The molecule has 0 radical (unpaired) electrons. The SMILES string of the molecule is NC(=O)Oc1cc2cc(N3CCNCC3Cc3ccccc3)ccc2[nH]1. The van der Waals surface area contributed by atoms with Gasteiger partial charge in [-0.05, 0) is 30.2 Å². The second-order valence-corrected chi connectivity index (χ2v) is 6.57. The number of piperazine rings is 1. The number of aromatic amines is 1. The summed E-state index contributed by atoms with van der Waals surface area (Å²) in [7, 11) is 0. The number of fused-ring (bicyclic) bond motifs is 1. The van der Waals surface area contributed by atoms with Crippen LogP contribution in [0.4, 0.5) is 10.5 Å². The zero-order valence-corrected chi connectivity index (χ0v) is 14.4. The average molecular weight is 350 g/mol. The van der Waals surface area contributed by atoms with Gasteiger partial charge in [0.2, 0.25) is 5.88 Å². The molecule has 0 spiro atoms. The summed E-state index contributed by atoms with van der Waals surface area (Å²) in [6, 6.07) is 19.0. The maximum Gasteiger partial charge on any atom is 0.411 e. The zero-order chi connectivity index (χ0) is 17.9. The number of primary amides is 1. The fourth-order valence-corrected chi connectivity index (χ4v) is 3.60. The molecule has 134 valence electrons. The molecule has 0 aliphatic carbocycles. The fraction of sp³-hybridized carbons (Fsp3) is 0.250. The van der Waals surface area contributed by atoms with E-state index in [0.29, 0.717) is 11.9 Å². The maximum atomic E-state index is 10.9. The lowest BCUT2D eigenvalue weighted by Gasteiger charge is -2.38. The summed E-state index contributed by atoms with van der Waals surface area (Å²) in [6.45, 7) is 2.88. The largest absolute Gasteiger partial charge is 0.411 e. The van der Waals surface area contributed by atoms with Crippen LogP contribution >= 0.6 is 0 Å². The van der Waals surface area contributed by atoms with E-state index in [1.807, 2.05) is 12.1 Å². The molecule has 4 rings (SSSR count). The lowest BCUT2D eigenvalue weighted by Crippen LogP contribution is -2.52. The highest BCUT2D eigenvalue weighted by molar-refractivity contribution is 5.86. The van der Waals surface area contributed by atoms with Gasteiger partial charge in [-0.25, -0.2) is 4.79 Å². The van der Waals surface area contributed by atoms with Crippen LogP contribution in [-0.2, 0) is 6.42 Å². The van der Waals surface area contributed by atoms with Crippen LogP contribution in [-0.4, -0.2) is 36.8 Å². The van der Waals surface area contributed by atoms with E-state index >= 15 is 0 Å². The van der Waals surface area contributed by atoms with Gasteiger partial charge in [0.05, 0.1) is 0 Å². The Morgan fingerprint density at radius 1 is 1.19 bits per heavy atom. The van der Waals surface area contributed by atoms with Crippen LogP contribution in [0.15, 0.2) is 54.6 Å². The van der Waals surface area contributed by atoms with Crippen molar-refractivity contribution in [2.75, 3.05) is 24.5 Å². The van der Waals surface area contributed by atoms with Crippen LogP contribution in [0.5, 0.6) is 5.88 Å². The Balaban J connectivity index is 1.60. The molecule has 1 aromatic heterocycles. The standard InChI is InChI=1S/C20H22N4O2/c21-20(25)26-19-12-15-11-16(6-7-18(15)23-19)24-9-8-22-13-17(24)10-14-4-2-1-3-5-14/h1-7,11-12,17,22-23H,8-10,13H2,(H2,21,25). The van der Waals surface area contributed by atoms with Crippen molar-refractivity contribution >= 4 is 22.7 Å². The van der Waals surface area contributed by atoms with Crippen LogP contribution in [0, 0.1) is 0 Å². The second kappa shape index (κ2) is 7.09. The highest BCUT2D eigenvalue weighted by atomic mass is 16.6. The van der Waals surface area contributed by atoms with Gasteiger partial charge in [0, 0.05) is 48.3 Å². The van der Waals surface area contributed by atoms with E-state index in [9.17, 15) is 4.79 Å². The third kappa shape index (κ3) is 3.50. The van der Waals surface area contributed by atoms with Gasteiger partial charge in [-0.1, -0.05) is 30.3 Å². The number of nitrogens with one attached hydrogen (secondary N) is 2. The Labute approximate surface area is 151 Å². The number of anilines is 1. The molecular formula is C20H22N4O2. The summed E-state index contributed by atoms with van der Waals surface area (Å²) in [6.07, 6.45) is 0.177. The predicted molar refractivity (Wildman–Crippen MR) is 103 cm³/mol. The number of carbonyl (C=O) groups excluding carboxylic acids is 1. The van der Waals surface area contributed by atoms with Crippen LogP contribution in [0.2, 0.25) is 0 Å². The van der Waals surface area contributed by atoms with E-state index in [4.69, 9.17) is 10.5 Å². The first-order valence-electron chi connectivity index (χ1n) is 8.80. The molecule has 2 heterocycles. The van der Waals surface area contributed by atoms with Crippen molar-refractivity contribution in [1.82, 2.24) is 10.3 Å². The van der Waals surface area contributed by atoms with Crippen molar-refractivity contribution in [3.8, 4) is 5.88 Å². The molecule has 1 saturated heterocycles. The number of rotatable bonds is 4. The van der Waals surface area contributed by atoms with Gasteiger partial charge in [-0.3, -0.25) is 0 Å². The molecule has 26 heavy (non-hydrogen) atoms. The molecule has 6 heteroatoms. The number of nitrogens with two attached hydrogens (primary N) is 1. The maximum absolute atomic E-state index is 10.9. The Bertz CT molecular complexity index is 907. The summed E-state index contributed by atoms with van der Waals surface area (Å²) in [5.41, 5.74) is 8.51. The molecular weight excluding hydrogens is 328 g/mol. The van der Waals surface area contributed by atoms with Crippen molar-refractivity contribution in [3.63, 3.8) is 0 Å². The smallest absolute Gasteiger partial charge is 0.393 e. The van der Waals surface area contributed by atoms with Crippen LogP contribution in [0.3, 0.4) is 0 Å². The molecule has 0 bridgehead atoms. The highest BCUT2D eigenvalue weighted by Gasteiger charge is 2.23. The molecule has 6 nitrogen and oxygen atoms in total. The third-order valence-electron chi connectivity index (χ3n) is 4.79. The first-order valence-corrected chi connectivity index (χ1v) is 8.80. The summed E-state index contributed by atoms with van der Waals surface area (Å²) >= 11 is 0. The van der Waals surface area contributed by atoms with Crippen LogP contribution < -0.4 is 20.7 Å². The van der Waals surface area contributed by atoms with Gasteiger partial charge in [0.1, 0.15) is 0 Å². The van der Waals surface area contributed by atoms with Crippen molar-refractivity contribution in [1.29, 1.82) is 0 Å². The van der Waals surface area contributed by atoms with Crippen molar-refractivity contribution in [3.05, 3.63) is 60.2 Å². The first-order chi connectivity index (χ1) is 12.7. The minimum atomic E-state index is -0.818. The molecule has 0 saturated carbocycles.